The summed E-state index contributed by atoms with van der Waals surface area (Å²) in [7, 11) is 3.32. The smallest absolute Gasteiger partial charge is 0.156 e. The van der Waals surface area contributed by atoms with E-state index in [2.05, 4.69) is 26.2 Å². The van der Waals surface area contributed by atoms with E-state index in [0.29, 0.717) is 6.61 Å². The van der Waals surface area contributed by atoms with Crippen molar-refractivity contribution in [2.45, 2.75) is 13.0 Å². The predicted octanol–water partition coefficient (Wildman–Crippen LogP) is 2.24. The lowest BCUT2D eigenvalue weighted by molar-refractivity contribution is 0.189. The monoisotopic (exact) mass is 299 g/mol. The molecule has 6 heteroatoms. The summed E-state index contributed by atoms with van der Waals surface area (Å²) in [6.45, 7) is 1.49. The number of methoxy groups -OCH3 is 2. The van der Waals surface area contributed by atoms with E-state index in [1.165, 1.54) is 0 Å². The van der Waals surface area contributed by atoms with Gasteiger partial charge in [0.1, 0.15) is 11.3 Å². The number of aromatic nitrogens is 3. The Balaban J connectivity index is 2.37. The van der Waals surface area contributed by atoms with Crippen LogP contribution in [0.5, 0.6) is 5.75 Å². The molecule has 0 amide bonds. The summed E-state index contributed by atoms with van der Waals surface area (Å²) in [6, 6.07) is 3.82. The predicted molar refractivity (Wildman–Crippen MR) is 68.3 cm³/mol. The molecule has 1 aromatic carbocycles. The first-order valence-electron chi connectivity index (χ1n) is 5.32. The summed E-state index contributed by atoms with van der Waals surface area (Å²) in [5, 5.41) is 8.28. The largest absolute Gasteiger partial charge is 0.494 e. The number of rotatable bonds is 5. The van der Waals surface area contributed by atoms with Crippen LogP contribution < -0.4 is 4.74 Å². The summed E-state index contributed by atoms with van der Waals surface area (Å²) in [4.78, 5) is 0. The number of ether oxygens (including phenoxy) is 2. The van der Waals surface area contributed by atoms with Gasteiger partial charge in [0.25, 0.3) is 0 Å². The Bertz CT molecular complexity index is 513. The summed E-state index contributed by atoms with van der Waals surface area (Å²) < 4.78 is 13.1. The summed E-state index contributed by atoms with van der Waals surface area (Å²) in [5.74, 6) is 0.737. The Morgan fingerprint density at radius 1 is 1.35 bits per heavy atom. The minimum atomic E-state index is 0.711. The number of aryl methyl sites for hydroxylation is 1. The number of halogens is 1. The van der Waals surface area contributed by atoms with Crippen molar-refractivity contribution in [2.75, 3.05) is 20.8 Å². The average molecular weight is 300 g/mol. The minimum absolute atomic E-state index is 0.711. The summed E-state index contributed by atoms with van der Waals surface area (Å²) >= 11 is 3.51. The fourth-order valence-corrected chi connectivity index (χ4v) is 2.23. The average Bonchev–Trinajstić information content (AvgIpc) is 2.75. The van der Waals surface area contributed by atoms with Gasteiger partial charge in [0, 0.05) is 24.7 Å². The first kappa shape index (κ1) is 12.3. The van der Waals surface area contributed by atoms with Gasteiger partial charge in [-0.25, -0.2) is 4.68 Å². The van der Waals surface area contributed by atoms with Crippen molar-refractivity contribution < 1.29 is 9.47 Å². The highest BCUT2D eigenvalue weighted by atomic mass is 79.9. The molecule has 92 valence electrons. The molecule has 5 nitrogen and oxygen atoms in total. The molecule has 2 aromatic rings. The Kier molecular flexibility index (Phi) is 3.96. The third-order valence-electron chi connectivity index (χ3n) is 2.51. The van der Waals surface area contributed by atoms with E-state index >= 15 is 0 Å². The molecule has 0 radical (unpaired) electrons. The van der Waals surface area contributed by atoms with Crippen molar-refractivity contribution >= 4 is 27.0 Å². The molecule has 0 N–H and O–H groups in total. The quantitative estimate of drug-likeness (QED) is 0.795. The number of hydrogen-bond donors (Lipinski definition) is 0. The second-order valence-electron chi connectivity index (χ2n) is 3.61. The molecular formula is C11H14BrN3O2. The first-order valence-corrected chi connectivity index (χ1v) is 6.12. The molecular weight excluding hydrogens is 286 g/mol. The second kappa shape index (κ2) is 5.46. The Morgan fingerprint density at radius 2 is 2.18 bits per heavy atom. The van der Waals surface area contributed by atoms with Crippen LogP contribution in [0.1, 0.15) is 6.42 Å². The molecule has 0 aliphatic rings. The molecule has 0 bridgehead atoms. The van der Waals surface area contributed by atoms with Crippen LogP contribution in [0.2, 0.25) is 0 Å². The molecule has 0 fully saturated rings. The molecule has 0 saturated carbocycles. The van der Waals surface area contributed by atoms with Crippen LogP contribution in [0, 0.1) is 0 Å². The maximum atomic E-state index is 5.26. The Hall–Kier alpha value is -1.14. The van der Waals surface area contributed by atoms with Gasteiger partial charge in [0.15, 0.2) is 5.52 Å². The number of nitrogens with zero attached hydrogens (tertiary/aromatic N) is 3. The zero-order chi connectivity index (χ0) is 12.3. The second-order valence-corrected chi connectivity index (χ2v) is 4.46. The van der Waals surface area contributed by atoms with Crippen LogP contribution in [0.15, 0.2) is 16.6 Å². The van der Waals surface area contributed by atoms with E-state index in [0.717, 1.165) is 34.2 Å². The van der Waals surface area contributed by atoms with Crippen LogP contribution in [-0.4, -0.2) is 35.8 Å². The lowest BCUT2D eigenvalue weighted by atomic mass is 10.3. The van der Waals surface area contributed by atoms with Crippen LogP contribution in [0.4, 0.5) is 0 Å². The van der Waals surface area contributed by atoms with Crippen molar-refractivity contribution in [3.63, 3.8) is 0 Å². The Morgan fingerprint density at radius 3 is 2.88 bits per heavy atom. The van der Waals surface area contributed by atoms with E-state index in [9.17, 15) is 0 Å². The standard InChI is InChI=1S/C11H14BrN3O2/c1-16-7-3-6-15-11-8(12)4-5-9(17-2)10(11)13-14-15/h4-5H,3,6-7H2,1-2H3. The van der Waals surface area contributed by atoms with Crippen LogP contribution in [0.3, 0.4) is 0 Å². The first-order chi connectivity index (χ1) is 8.27. The van der Waals surface area contributed by atoms with Gasteiger partial charge in [-0.2, -0.15) is 0 Å². The summed E-state index contributed by atoms with van der Waals surface area (Å²) in [6.07, 6.45) is 0.901. The zero-order valence-corrected chi connectivity index (χ0v) is 11.4. The van der Waals surface area contributed by atoms with Crippen molar-refractivity contribution in [2.24, 2.45) is 0 Å². The van der Waals surface area contributed by atoms with Crippen LogP contribution in [-0.2, 0) is 11.3 Å². The van der Waals surface area contributed by atoms with Crippen molar-refractivity contribution in [1.82, 2.24) is 15.0 Å². The normalized spacial score (nSPS) is 11.0. The van der Waals surface area contributed by atoms with E-state index in [4.69, 9.17) is 9.47 Å². The lowest BCUT2D eigenvalue weighted by Crippen LogP contribution is -2.03. The number of fused-ring (bicyclic) bond motifs is 1. The fraction of sp³-hybridized carbons (Fsp3) is 0.455. The molecule has 17 heavy (non-hydrogen) atoms. The number of hydrogen-bond acceptors (Lipinski definition) is 4. The van der Waals surface area contributed by atoms with E-state index in [1.54, 1.807) is 14.2 Å². The molecule has 2 rings (SSSR count). The molecule has 0 unspecified atom stereocenters. The topological polar surface area (TPSA) is 49.2 Å². The maximum Gasteiger partial charge on any atom is 0.156 e. The lowest BCUT2D eigenvalue weighted by Gasteiger charge is -2.05. The van der Waals surface area contributed by atoms with Gasteiger partial charge in [-0.15, -0.1) is 5.10 Å². The van der Waals surface area contributed by atoms with Gasteiger partial charge in [-0.05, 0) is 34.5 Å². The third kappa shape index (κ3) is 2.42. The highest BCUT2D eigenvalue weighted by Gasteiger charge is 2.12. The maximum absolute atomic E-state index is 5.26. The van der Waals surface area contributed by atoms with Crippen molar-refractivity contribution in [3.8, 4) is 5.75 Å². The fourth-order valence-electron chi connectivity index (χ4n) is 1.70. The molecule has 0 aliphatic carbocycles. The molecule has 0 spiro atoms. The highest BCUT2D eigenvalue weighted by Crippen LogP contribution is 2.29. The van der Waals surface area contributed by atoms with Crippen LogP contribution >= 0.6 is 15.9 Å². The van der Waals surface area contributed by atoms with E-state index in [-0.39, 0.29) is 0 Å². The Labute approximate surface area is 108 Å². The molecule has 0 saturated heterocycles. The van der Waals surface area contributed by atoms with Gasteiger partial charge in [-0.1, -0.05) is 5.21 Å². The van der Waals surface area contributed by atoms with Crippen molar-refractivity contribution in [1.29, 1.82) is 0 Å². The molecule has 1 heterocycles. The summed E-state index contributed by atoms with van der Waals surface area (Å²) in [5.41, 5.74) is 1.74. The molecule has 1 aromatic heterocycles. The van der Waals surface area contributed by atoms with Gasteiger partial charge in [0.05, 0.1) is 7.11 Å². The number of benzene rings is 1. The molecule has 0 atom stereocenters. The van der Waals surface area contributed by atoms with Crippen molar-refractivity contribution in [3.05, 3.63) is 16.6 Å². The van der Waals surface area contributed by atoms with E-state index in [1.807, 2.05) is 16.8 Å². The van der Waals surface area contributed by atoms with Crippen LogP contribution in [0.25, 0.3) is 11.0 Å². The van der Waals surface area contributed by atoms with Gasteiger partial charge in [0.2, 0.25) is 0 Å². The SMILES string of the molecule is COCCCn1nnc2c(OC)ccc(Br)c21. The zero-order valence-electron chi connectivity index (χ0n) is 9.81. The van der Waals surface area contributed by atoms with E-state index < -0.39 is 0 Å². The third-order valence-corrected chi connectivity index (χ3v) is 3.15. The van der Waals surface area contributed by atoms with Gasteiger partial charge in [-0.3, -0.25) is 0 Å². The van der Waals surface area contributed by atoms with Gasteiger partial charge >= 0.3 is 0 Å². The minimum Gasteiger partial charge on any atom is -0.494 e. The van der Waals surface area contributed by atoms with Gasteiger partial charge < -0.3 is 9.47 Å². The highest BCUT2D eigenvalue weighted by molar-refractivity contribution is 9.10. The molecule has 0 aliphatic heterocycles.